The van der Waals surface area contributed by atoms with Crippen LogP contribution in [0.3, 0.4) is 0 Å². The van der Waals surface area contributed by atoms with Gasteiger partial charge >= 0.3 is 0 Å². The number of halogens is 1. The van der Waals surface area contributed by atoms with E-state index in [1.807, 2.05) is 12.1 Å². The van der Waals surface area contributed by atoms with Gasteiger partial charge in [0.05, 0.1) is 0 Å². The van der Waals surface area contributed by atoms with Crippen molar-refractivity contribution in [1.29, 1.82) is 0 Å². The number of nitrogens with zero attached hydrogens (tertiary/aromatic N) is 1. The molecule has 0 spiro atoms. The van der Waals surface area contributed by atoms with Crippen LogP contribution in [0.15, 0.2) is 24.3 Å². The number of nitrogens with one attached hydrogen (secondary N) is 1. The Labute approximate surface area is 109 Å². The van der Waals surface area contributed by atoms with Crippen molar-refractivity contribution < 1.29 is 0 Å². The predicted molar refractivity (Wildman–Crippen MR) is 73.4 cm³/mol. The first-order valence-corrected chi connectivity index (χ1v) is 6.79. The molecule has 1 heterocycles. The molecule has 2 rings (SSSR count). The normalized spacial score (nSPS) is 21.6. The van der Waals surface area contributed by atoms with E-state index < -0.39 is 0 Å². The molecular weight excluding hydrogens is 232 g/mol. The average molecular weight is 253 g/mol. The monoisotopic (exact) mass is 252 g/mol. The van der Waals surface area contributed by atoms with Gasteiger partial charge in [0.1, 0.15) is 0 Å². The van der Waals surface area contributed by atoms with Gasteiger partial charge in [-0.1, -0.05) is 30.2 Å². The Morgan fingerprint density at radius 1 is 1.29 bits per heavy atom. The topological polar surface area (TPSA) is 15.3 Å². The summed E-state index contributed by atoms with van der Waals surface area (Å²) in [5, 5.41) is 4.34. The number of likely N-dealkylation sites (tertiary alicyclic amines) is 1. The lowest BCUT2D eigenvalue weighted by atomic mass is 10.0. The lowest BCUT2D eigenvalue weighted by molar-refractivity contribution is 0.181. The van der Waals surface area contributed by atoms with Gasteiger partial charge in [0.25, 0.3) is 0 Å². The maximum Gasteiger partial charge on any atom is 0.0406 e. The van der Waals surface area contributed by atoms with E-state index >= 15 is 0 Å². The fourth-order valence-electron chi connectivity index (χ4n) is 2.39. The maximum atomic E-state index is 5.86. The first kappa shape index (κ1) is 12.9. The zero-order valence-electron chi connectivity index (χ0n) is 10.5. The van der Waals surface area contributed by atoms with Gasteiger partial charge in [-0.25, -0.2) is 0 Å². The van der Waals surface area contributed by atoms with Crippen molar-refractivity contribution >= 4 is 11.6 Å². The Bertz CT molecular complexity index is 337. The second kappa shape index (κ2) is 6.39. The lowest BCUT2D eigenvalue weighted by Gasteiger charge is -2.32. The van der Waals surface area contributed by atoms with Crippen LogP contribution in [0.2, 0.25) is 5.02 Å². The zero-order chi connectivity index (χ0) is 12.1. The number of likely N-dealkylation sites (N-methyl/N-ethyl adjacent to an activating group) is 1. The van der Waals surface area contributed by atoms with Crippen LogP contribution in [-0.4, -0.2) is 31.1 Å². The minimum absolute atomic E-state index is 0.705. The van der Waals surface area contributed by atoms with Gasteiger partial charge in [-0.2, -0.15) is 0 Å². The predicted octanol–water partition coefficient (Wildman–Crippen LogP) is 2.91. The molecule has 94 valence electrons. The van der Waals surface area contributed by atoms with E-state index in [-0.39, 0.29) is 0 Å². The summed E-state index contributed by atoms with van der Waals surface area (Å²) in [4.78, 5) is 2.47. The van der Waals surface area contributed by atoms with Crippen LogP contribution in [0.1, 0.15) is 24.8 Å². The number of rotatable bonds is 4. The third-order valence-electron chi connectivity index (χ3n) is 3.54. The second-order valence-electron chi connectivity index (χ2n) is 4.89. The van der Waals surface area contributed by atoms with E-state index in [0.717, 1.165) is 18.1 Å². The molecule has 1 aromatic carbocycles. The maximum absolute atomic E-state index is 5.86. The van der Waals surface area contributed by atoms with Crippen LogP contribution < -0.4 is 5.32 Å². The molecule has 1 unspecified atom stereocenters. The molecule has 0 aromatic heterocycles. The highest BCUT2D eigenvalue weighted by atomic mass is 35.5. The lowest BCUT2D eigenvalue weighted by Crippen LogP contribution is -2.42. The molecule has 0 amide bonds. The summed E-state index contributed by atoms with van der Waals surface area (Å²) in [6.45, 7) is 3.26. The van der Waals surface area contributed by atoms with Crippen LogP contribution in [0.4, 0.5) is 0 Å². The quantitative estimate of drug-likeness (QED) is 0.887. The van der Waals surface area contributed by atoms with E-state index in [4.69, 9.17) is 11.6 Å². The summed E-state index contributed by atoms with van der Waals surface area (Å²) in [6.07, 6.45) is 4.05. The number of hydrogen-bond donors (Lipinski definition) is 1. The van der Waals surface area contributed by atoms with Crippen molar-refractivity contribution in [2.24, 2.45) is 0 Å². The Morgan fingerprint density at radius 2 is 2.06 bits per heavy atom. The molecule has 0 radical (unpaired) electrons. The fraction of sp³-hybridized carbons (Fsp3) is 0.571. The Balaban J connectivity index is 1.73. The van der Waals surface area contributed by atoms with Crippen molar-refractivity contribution in [1.82, 2.24) is 10.2 Å². The zero-order valence-corrected chi connectivity index (χ0v) is 11.2. The molecule has 1 atom stereocenters. The van der Waals surface area contributed by atoms with Gasteiger partial charge in [0, 0.05) is 24.2 Å². The standard InChI is InChI=1S/C14H21ClN2/c1-17-9-3-2-4-14(17)11-16-10-12-5-7-13(15)8-6-12/h5-8,14,16H,2-4,9-11H2,1H3. The molecular formula is C14H21ClN2. The summed E-state index contributed by atoms with van der Waals surface area (Å²) in [5.74, 6) is 0. The van der Waals surface area contributed by atoms with Crippen molar-refractivity contribution in [2.45, 2.75) is 31.8 Å². The van der Waals surface area contributed by atoms with E-state index in [9.17, 15) is 0 Å². The molecule has 17 heavy (non-hydrogen) atoms. The molecule has 0 bridgehead atoms. The highest BCUT2D eigenvalue weighted by Gasteiger charge is 2.17. The van der Waals surface area contributed by atoms with E-state index in [1.165, 1.54) is 31.4 Å². The number of piperidine rings is 1. The Hall–Kier alpha value is -0.570. The molecule has 1 aliphatic rings. The molecule has 1 N–H and O–H groups in total. The highest BCUT2D eigenvalue weighted by molar-refractivity contribution is 6.30. The summed E-state index contributed by atoms with van der Waals surface area (Å²) in [5.41, 5.74) is 1.30. The van der Waals surface area contributed by atoms with Gasteiger partial charge < -0.3 is 10.2 Å². The number of benzene rings is 1. The van der Waals surface area contributed by atoms with Gasteiger partial charge in [0.15, 0.2) is 0 Å². The molecule has 1 aliphatic heterocycles. The van der Waals surface area contributed by atoms with Crippen molar-refractivity contribution in [2.75, 3.05) is 20.1 Å². The summed E-state index contributed by atoms with van der Waals surface area (Å²) >= 11 is 5.86. The molecule has 2 nitrogen and oxygen atoms in total. The van der Waals surface area contributed by atoms with E-state index in [1.54, 1.807) is 0 Å². The van der Waals surface area contributed by atoms with Crippen LogP contribution in [-0.2, 0) is 6.54 Å². The SMILES string of the molecule is CN1CCCCC1CNCc1ccc(Cl)cc1. The number of hydrogen-bond acceptors (Lipinski definition) is 2. The minimum Gasteiger partial charge on any atom is -0.311 e. The smallest absolute Gasteiger partial charge is 0.0406 e. The van der Waals surface area contributed by atoms with Gasteiger partial charge in [-0.05, 0) is 44.1 Å². The summed E-state index contributed by atoms with van der Waals surface area (Å²) in [7, 11) is 2.23. The van der Waals surface area contributed by atoms with E-state index in [0.29, 0.717) is 6.04 Å². The van der Waals surface area contributed by atoms with E-state index in [2.05, 4.69) is 29.4 Å². The molecule has 1 fully saturated rings. The molecule has 3 heteroatoms. The molecule has 0 saturated carbocycles. The minimum atomic E-state index is 0.705. The van der Waals surface area contributed by atoms with Crippen LogP contribution in [0.5, 0.6) is 0 Å². The Kier molecular flexibility index (Phi) is 4.84. The van der Waals surface area contributed by atoms with Crippen LogP contribution in [0.25, 0.3) is 0 Å². The summed E-state index contributed by atoms with van der Waals surface area (Å²) in [6, 6.07) is 8.77. The summed E-state index contributed by atoms with van der Waals surface area (Å²) < 4.78 is 0. The third-order valence-corrected chi connectivity index (χ3v) is 3.80. The van der Waals surface area contributed by atoms with Crippen LogP contribution in [0, 0.1) is 0 Å². The largest absolute Gasteiger partial charge is 0.311 e. The van der Waals surface area contributed by atoms with Gasteiger partial charge in [0.2, 0.25) is 0 Å². The van der Waals surface area contributed by atoms with Crippen molar-refractivity contribution in [3.05, 3.63) is 34.9 Å². The van der Waals surface area contributed by atoms with Gasteiger partial charge in [-0.15, -0.1) is 0 Å². The third kappa shape index (κ3) is 3.98. The van der Waals surface area contributed by atoms with Gasteiger partial charge in [-0.3, -0.25) is 0 Å². The second-order valence-corrected chi connectivity index (χ2v) is 5.32. The first-order valence-electron chi connectivity index (χ1n) is 6.41. The average Bonchev–Trinajstić information content (AvgIpc) is 2.34. The highest BCUT2D eigenvalue weighted by Crippen LogP contribution is 2.14. The van der Waals surface area contributed by atoms with Crippen molar-refractivity contribution in [3.8, 4) is 0 Å². The molecule has 0 aliphatic carbocycles. The molecule has 1 saturated heterocycles. The Morgan fingerprint density at radius 3 is 2.76 bits per heavy atom. The molecule has 1 aromatic rings. The van der Waals surface area contributed by atoms with Crippen molar-refractivity contribution in [3.63, 3.8) is 0 Å². The fourth-order valence-corrected chi connectivity index (χ4v) is 2.51. The first-order chi connectivity index (χ1) is 8.25. The van der Waals surface area contributed by atoms with Crippen LogP contribution >= 0.6 is 11.6 Å².